The number of thiophene rings is 1. The summed E-state index contributed by atoms with van der Waals surface area (Å²) in [6.45, 7) is 0. The Balaban J connectivity index is 1.29. The molecule has 1 aromatic heterocycles. The molecule has 0 atom stereocenters. The summed E-state index contributed by atoms with van der Waals surface area (Å²) in [7, 11) is 0. The highest BCUT2D eigenvalue weighted by atomic mass is 32.1. The fourth-order valence-electron chi connectivity index (χ4n) is 8.64. The Morgan fingerprint density at radius 2 is 0.911 bits per heavy atom. The maximum absolute atomic E-state index is 2.56. The third-order valence-electron chi connectivity index (χ3n) is 11.2. The van der Waals surface area contributed by atoms with Crippen LogP contribution in [0.4, 0.5) is 17.1 Å². The second-order valence-corrected chi connectivity index (χ2v) is 15.5. The van der Waals surface area contributed by atoms with Gasteiger partial charge in [0.2, 0.25) is 0 Å². The predicted molar refractivity (Wildman–Crippen MR) is 243 cm³/mol. The summed E-state index contributed by atoms with van der Waals surface area (Å²) in [6.07, 6.45) is 0. The smallest absolute Gasteiger partial charge is 0.0555 e. The summed E-state index contributed by atoms with van der Waals surface area (Å²) in [6, 6.07) is 78.0. The molecule has 10 aromatic carbocycles. The predicted octanol–water partition coefficient (Wildman–Crippen LogP) is 16.0. The van der Waals surface area contributed by atoms with Gasteiger partial charge in [-0.25, -0.2) is 0 Å². The monoisotopic (exact) mass is 729 g/mol. The van der Waals surface area contributed by atoms with Gasteiger partial charge in [0.05, 0.1) is 17.1 Å². The van der Waals surface area contributed by atoms with Crippen molar-refractivity contribution in [2.45, 2.75) is 0 Å². The van der Waals surface area contributed by atoms with Crippen molar-refractivity contribution in [2.24, 2.45) is 0 Å². The van der Waals surface area contributed by atoms with Crippen molar-refractivity contribution in [1.29, 1.82) is 0 Å². The minimum atomic E-state index is 1.13. The maximum Gasteiger partial charge on any atom is 0.0555 e. The second kappa shape index (κ2) is 13.4. The molecule has 1 heterocycles. The van der Waals surface area contributed by atoms with Gasteiger partial charge in [-0.15, -0.1) is 11.3 Å². The van der Waals surface area contributed by atoms with Gasteiger partial charge in [0.1, 0.15) is 0 Å². The molecule has 0 unspecified atom stereocenters. The number of anilines is 3. The third-order valence-corrected chi connectivity index (χ3v) is 12.4. The average Bonchev–Trinajstić information content (AvgIpc) is 3.66. The average molecular weight is 730 g/mol. The number of nitrogens with zero attached hydrogens (tertiary/aromatic N) is 1. The Bertz CT molecular complexity index is 3260. The van der Waals surface area contributed by atoms with E-state index in [0.717, 1.165) is 17.1 Å². The molecule has 0 amide bonds. The lowest BCUT2D eigenvalue weighted by molar-refractivity contribution is 1.31. The SMILES string of the molecule is c1ccc(-c2ccc(N(c3ccc4ccccc4c3-c3ccc4ccccc4c3)c3cccc4sc5ccccc5c34)c(-c3cccc4ccccc34)c2)cc1. The van der Waals surface area contributed by atoms with E-state index in [4.69, 9.17) is 0 Å². The molecule has 0 saturated heterocycles. The molecule has 0 saturated carbocycles. The van der Waals surface area contributed by atoms with Crippen molar-refractivity contribution in [3.05, 3.63) is 212 Å². The first kappa shape index (κ1) is 32.4. The van der Waals surface area contributed by atoms with Gasteiger partial charge in [0.15, 0.2) is 0 Å². The molecule has 0 fully saturated rings. The van der Waals surface area contributed by atoms with E-state index in [-0.39, 0.29) is 0 Å². The van der Waals surface area contributed by atoms with Gasteiger partial charge in [-0.1, -0.05) is 170 Å². The Labute approximate surface area is 330 Å². The highest BCUT2D eigenvalue weighted by molar-refractivity contribution is 7.26. The molecule has 2 heteroatoms. The van der Waals surface area contributed by atoms with Crippen LogP contribution in [0.3, 0.4) is 0 Å². The van der Waals surface area contributed by atoms with Gasteiger partial charge < -0.3 is 4.90 Å². The van der Waals surface area contributed by atoms with E-state index in [2.05, 4.69) is 217 Å². The molecule has 0 bridgehead atoms. The summed E-state index contributed by atoms with van der Waals surface area (Å²) in [5, 5.41) is 9.89. The van der Waals surface area contributed by atoms with E-state index < -0.39 is 0 Å². The van der Waals surface area contributed by atoms with Crippen LogP contribution in [0.15, 0.2) is 212 Å². The first-order valence-corrected chi connectivity index (χ1v) is 20.0. The van der Waals surface area contributed by atoms with Crippen LogP contribution >= 0.6 is 11.3 Å². The van der Waals surface area contributed by atoms with Crippen LogP contribution in [0.5, 0.6) is 0 Å². The molecule has 0 radical (unpaired) electrons. The van der Waals surface area contributed by atoms with Gasteiger partial charge in [0, 0.05) is 31.3 Å². The topological polar surface area (TPSA) is 3.24 Å². The van der Waals surface area contributed by atoms with Gasteiger partial charge in [0.25, 0.3) is 0 Å². The second-order valence-electron chi connectivity index (χ2n) is 14.5. The molecule has 0 spiro atoms. The lowest BCUT2D eigenvalue weighted by Gasteiger charge is -2.32. The van der Waals surface area contributed by atoms with E-state index in [1.165, 1.54) is 85.9 Å². The van der Waals surface area contributed by atoms with Crippen LogP contribution in [-0.4, -0.2) is 0 Å². The zero-order chi connectivity index (χ0) is 37.0. The van der Waals surface area contributed by atoms with Gasteiger partial charge >= 0.3 is 0 Å². The standard InChI is InChI=1S/C54H35NS/c1-2-14-36(15-3-1)41-31-32-48(47(35-41)45-24-12-20-38-17-6-8-21-43(38)45)55(49-25-13-27-52-54(49)46-23-10-11-26-51(46)56-52)50-33-30-39-18-7-9-22-44(39)53(50)42-29-28-37-16-4-5-19-40(37)34-42/h1-35H. The molecule has 11 rings (SSSR count). The molecule has 0 N–H and O–H groups in total. The van der Waals surface area contributed by atoms with Crippen molar-refractivity contribution in [3.63, 3.8) is 0 Å². The maximum atomic E-state index is 2.56. The lowest BCUT2D eigenvalue weighted by atomic mass is 9.91. The molecule has 56 heavy (non-hydrogen) atoms. The number of hydrogen-bond donors (Lipinski definition) is 0. The van der Waals surface area contributed by atoms with E-state index in [9.17, 15) is 0 Å². The number of fused-ring (bicyclic) bond motifs is 6. The Morgan fingerprint density at radius 1 is 0.304 bits per heavy atom. The van der Waals surface area contributed by atoms with Crippen LogP contribution in [-0.2, 0) is 0 Å². The molecule has 1 nitrogen and oxygen atoms in total. The molecule has 0 aliphatic rings. The minimum absolute atomic E-state index is 1.13. The van der Waals surface area contributed by atoms with E-state index in [1.807, 2.05) is 11.3 Å². The third kappa shape index (κ3) is 5.38. The van der Waals surface area contributed by atoms with Gasteiger partial charge in [-0.2, -0.15) is 0 Å². The first-order valence-electron chi connectivity index (χ1n) is 19.2. The fourth-order valence-corrected chi connectivity index (χ4v) is 9.77. The van der Waals surface area contributed by atoms with Crippen molar-refractivity contribution in [1.82, 2.24) is 0 Å². The molecule has 0 aliphatic heterocycles. The van der Waals surface area contributed by atoms with Crippen LogP contribution in [0.2, 0.25) is 0 Å². The fraction of sp³-hybridized carbons (Fsp3) is 0. The summed E-state index contributed by atoms with van der Waals surface area (Å²) >= 11 is 1.86. The quantitative estimate of drug-likeness (QED) is 0.165. The number of benzene rings is 10. The first-order chi connectivity index (χ1) is 27.8. The highest BCUT2D eigenvalue weighted by Gasteiger charge is 2.26. The van der Waals surface area contributed by atoms with Crippen LogP contribution in [0.1, 0.15) is 0 Å². The molecule has 11 aromatic rings. The zero-order valence-corrected chi connectivity index (χ0v) is 31.4. The van der Waals surface area contributed by atoms with E-state index in [0.29, 0.717) is 0 Å². The largest absolute Gasteiger partial charge is 0.309 e. The molecular weight excluding hydrogens is 695 g/mol. The van der Waals surface area contributed by atoms with E-state index in [1.54, 1.807) is 0 Å². The highest BCUT2D eigenvalue weighted by Crippen LogP contribution is 2.52. The van der Waals surface area contributed by atoms with E-state index >= 15 is 0 Å². The van der Waals surface area contributed by atoms with Crippen LogP contribution in [0.25, 0.3) is 85.9 Å². The van der Waals surface area contributed by atoms with Crippen molar-refractivity contribution in [2.75, 3.05) is 4.90 Å². The zero-order valence-electron chi connectivity index (χ0n) is 30.6. The Hall–Kier alpha value is -7.00. The summed E-state index contributed by atoms with van der Waals surface area (Å²) in [5.74, 6) is 0. The Morgan fingerprint density at radius 3 is 1.77 bits per heavy atom. The molecule has 0 aliphatic carbocycles. The summed E-state index contributed by atoms with van der Waals surface area (Å²) in [4.78, 5) is 2.56. The van der Waals surface area contributed by atoms with Crippen molar-refractivity contribution in [3.8, 4) is 33.4 Å². The lowest BCUT2D eigenvalue weighted by Crippen LogP contribution is -2.13. The van der Waals surface area contributed by atoms with Gasteiger partial charge in [-0.3, -0.25) is 0 Å². The van der Waals surface area contributed by atoms with Crippen molar-refractivity contribution < 1.29 is 0 Å². The minimum Gasteiger partial charge on any atom is -0.309 e. The van der Waals surface area contributed by atoms with Crippen LogP contribution < -0.4 is 4.90 Å². The number of rotatable bonds is 6. The Kier molecular flexibility index (Phi) is 7.75. The number of hydrogen-bond acceptors (Lipinski definition) is 2. The molecular formula is C54H35NS. The van der Waals surface area contributed by atoms with Crippen molar-refractivity contribution >= 4 is 80.9 Å². The normalized spacial score (nSPS) is 11.6. The van der Waals surface area contributed by atoms with Crippen LogP contribution in [0, 0.1) is 0 Å². The molecule has 262 valence electrons. The summed E-state index contributed by atoms with van der Waals surface area (Å²) in [5.41, 5.74) is 10.6. The summed E-state index contributed by atoms with van der Waals surface area (Å²) < 4.78 is 2.56. The van der Waals surface area contributed by atoms with Gasteiger partial charge in [-0.05, 0) is 97.0 Å².